The van der Waals surface area contributed by atoms with Crippen LogP contribution < -0.4 is 0 Å². The van der Waals surface area contributed by atoms with Gasteiger partial charge in [-0.3, -0.25) is 4.98 Å². The molecule has 0 atom stereocenters. The summed E-state index contributed by atoms with van der Waals surface area (Å²) in [6, 6.07) is 5.55. The van der Waals surface area contributed by atoms with Gasteiger partial charge in [-0.05, 0) is 19.1 Å². The van der Waals surface area contributed by atoms with E-state index in [9.17, 15) is 8.78 Å². The number of hydrogen-bond acceptors (Lipinski definition) is 2. The highest BCUT2D eigenvalue weighted by atomic mass is 19.3. The van der Waals surface area contributed by atoms with Crippen LogP contribution in [0, 0.1) is 6.92 Å². The number of hydrogen-bond donors (Lipinski definition) is 0. The highest BCUT2D eigenvalue weighted by Gasteiger charge is 2.07. The van der Waals surface area contributed by atoms with Gasteiger partial charge in [0, 0.05) is 11.9 Å². The second kappa shape index (κ2) is 4.38. The predicted molar refractivity (Wildman–Crippen MR) is 56.2 cm³/mol. The van der Waals surface area contributed by atoms with Gasteiger partial charge in [0.25, 0.3) is 6.43 Å². The van der Waals surface area contributed by atoms with Gasteiger partial charge in [-0.25, -0.2) is 13.8 Å². The Labute approximate surface area is 91.8 Å². The van der Waals surface area contributed by atoms with E-state index >= 15 is 0 Å². The molecule has 0 aliphatic carbocycles. The molecule has 3 nitrogen and oxygen atoms in total. The maximum absolute atomic E-state index is 12.1. The minimum atomic E-state index is -2.37. The number of aromatic nitrogens is 3. The van der Waals surface area contributed by atoms with E-state index in [4.69, 9.17) is 0 Å². The summed E-state index contributed by atoms with van der Waals surface area (Å²) in [5.74, 6) is 0. The summed E-state index contributed by atoms with van der Waals surface area (Å²) < 4.78 is 25.6. The summed E-state index contributed by atoms with van der Waals surface area (Å²) in [5, 5.41) is 0. The van der Waals surface area contributed by atoms with Gasteiger partial charge in [-0.15, -0.1) is 0 Å². The predicted octanol–water partition coefficient (Wildman–Crippen LogP) is 2.52. The highest BCUT2D eigenvalue weighted by Crippen LogP contribution is 2.14. The van der Waals surface area contributed by atoms with E-state index in [0.29, 0.717) is 11.4 Å². The number of nitrogens with zero attached hydrogens (tertiary/aromatic N) is 3. The third-order valence-electron chi connectivity index (χ3n) is 2.13. The summed E-state index contributed by atoms with van der Waals surface area (Å²) in [7, 11) is 0. The molecule has 0 N–H and O–H groups in total. The second-order valence-electron chi connectivity index (χ2n) is 3.51. The molecule has 2 rings (SSSR count). The summed E-state index contributed by atoms with van der Waals surface area (Å²) in [4.78, 5) is 8.32. The molecule has 5 heteroatoms. The van der Waals surface area contributed by atoms with E-state index in [0.717, 1.165) is 5.69 Å². The van der Waals surface area contributed by atoms with Gasteiger partial charge in [0.05, 0.1) is 18.6 Å². The normalized spacial score (nSPS) is 11.0. The van der Waals surface area contributed by atoms with Gasteiger partial charge < -0.3 is 4.57 Å². The van der Waals surface area contributed by atoms with Gasteiger partial charge in [0.2, 0.25) is 0 Å². The summed E-state index contributed by atoms with van der Waals surface area (Å²) in [5.41, 5.74) is 2.19. The lowest BCUT2D eigenvalue weighted by Gasteiger charge is -1.99. The molecule has 0 aliphatic heterocycles. The van der Waals surface area contributed by atoms with Gasteiger partial charge >= 0.3 is 0 Å². The van der Waals surface area contributed by atoms with Crippen LogP contribution in [0.5, 0.6) is 0 Å². The van der Waals surface area contributed by atoms with E-state index in [2.05, 4.69) is 9.97 Å². The monoisotopic (exact) mass is 223 g/mol. The maximum Gasteiger partial charge on any atom is 0.256 e. The van der Waals surface area contributed by atoms with Crippen molar-refractivity contribution in [3.05, 3.63) is 36.4 Å². The van der Waals surface area contributed by atoms with Gasteiger partial charge in [0.15, 0.2) is 0 Å². The molecule has 2 aromatic heterocycles. The van der Waals surface area contributed by atoms with E-state index in [1.807, 2.05) is 25.1 Å². The molecule has 16 heavy (non-hydrogen) atoms. The summed E-state index contributed by atoms with van der Waals surface area (Å²) >= 11 is 0. The van der Waals surface area contributed by atoms with Crippen molar-refractivity contribution >= 4 is 0 Å². The highest BCUT2D eigenvalue weighted by molar-refractivity contribution is 5.52. The van der Waals surface area contributed by atoms with Gasteiger partial charge in [0.1, 0.15) is 5.69 Å². The quantitative estimate of drug-likeness (QED) is 0.800. The summed E-state index contributed by atoms with van der Waals surface area (Å²) in [6.45, 7) is 1.54. The first-order chi connectivity index (χ1) is 7.65. The Morgan fingerprint density at radius 2 is 2.12 bits per heavy atom. The molecule has 0 radical (unpaired) electrons. The molecular weight excluding hydrogens is 212 g/mol. The molecule has 2 aromatic rings. The van der Waals surface area contributed by atoms with Crippen LogP contribution in [-0.4, -0.2) is 21.0 Å². The lowest BCUT2D eigenvalue weighted by atomic mass is 10.2. The third kappa shape index (κ3) is 2.42. The zero-order valence-electron chi connectivity index (χ0n) is 8.77. The first-order valence-electron chi connectivity index (χ1n) is 4.89. The molecule has 0 amide bonds. The average Bonchev–Trinajstić information content (AvgIpc) is 2.65. The Hall–Kier alpha value is -1.78. The largest absolute Gasteiger partial charge is 0.331 e. The van der Waals surface area contributed by atoms with Crippen molar-refractivity contribution in [1.82, 2.24) is 14.5 Å². The molecule has 0 saturated heterocycles. The van der Waals surface area contributed by atoms with Crippen molar-refractivity contribution in [2.45, 2.75) is 19.9 Å². The number of aryl methyl sites for hydroxylation is 1. The number of rotatable bonds is 3. The molecule has 0 saturated carbocycles. The van der Waals surface area contributed by atoms with Crippen LogP contribution in [0.15, 0.2) is 30.7 Å². The van der Waals surface area contributed by atoms with Crippen LogP contribution in [-0.2, 0) is 6.54 Å². The molecule has 2 heterocycles. The standard InChI is InChI=1S/C11H11F2N3/c1-8-3-2-4-9(15-8)10-5-16(7-14-10)6-11(12)13/h2-5,7,11H,6H2,1H3. The van der Waals surface area contributed by atoms with Gasteiger partial charge in [-0.2, -0.15) is 0 Å². The smallest absolute Gasteiger partial charge is 0.256 e. The molecule has 0 unspecified atom stereocenters. The van der Waals surface area contributed by atoms with Gasteiger partial charge in [-0.1, -0.05) is 6.07 Å². The van der Waals surface area contributed by atoms with Crippen molar-refractivity contribution in [3.63, 3.8) is 0 Å². The first kappa shape index (κ1) is 10.7. The third-order valence-corrected chi connectivity index (χ3v) is 2.13. The molecular formula is C11H11F2N3. The van der Waals surface area contributed by atoms with Crippen molar-refractivity contribution in [2.75, 3.05) is 0 Å². The van der Waals surface area contributed by atoms with Crippen LogP contribution in [0.1, 0.15) is 5.69 Å². The van der Waals surface area contributed by atoms with Crippen molar-refractivity contribution in [2.24, 2.45) is 0 Å². The second-order valence-corrected chi connectivity index (χ2v) is 3.51. The summed E-state index contributed by atoms with van der Waals surface area (Å²) in [6.07, 6.45) is 0.604. The number of pyridine rings is 1. The van der Waals surface area contributed by atoms with Crippen molar-refractivity contribution in [1.29, 1.82) is 0 Å². The zero-order valence-corrected chi connectivity index (χ0v) is 8.77. The SMILES string of the molecule is Cc1cccc(-c2cn(CC(F)F)cn2)n1. The fourth-order valence-electron chi connectivity index (χ4n) is 1.44. The fourth-order valence-corrected chi connectivity index (χ4v) is 1.44. The van der Waals surface area contributed by atoms with Crippen molar-refractivity contribution < 1.29 is 8.78 Å². The maximum atomic E-state index is 12.1. The van der Waals surface area contributed by atoms with E-state index < -0.39 is 6.43 Å². The van der Waals surface area contributed by atoms with Crippen LogP contribution in [0.2, 0.25) is 0 Å². The van der Waals surface area contributed by atoms with Crippen LogP contribution in [0.4, 0.5) is 8.78 Å². The molecule has 0 fully saturated rings. The van der Waals surface area contributed by atoms with Crippen LogP contribution >= 0.6 is 0 Å². The molecule has 0 spiro atoms. The van der Waals surface area contributed by atoms with E-state index in [1.165, 1.54) is 10.9 Å². The van der Waals surface area contributed by atoms with E-state index in [-0.39, 0.29) is 6.54 Å². The fraction of sp³-hybridized carbons (Fsp3) is 0.273. The molecule has 0 bridgehead atoms. The number of alkyl halides is 2. The van der Waals surface area contributed by atoms with Crippen LogP contribution in [0.25, 0.3) is 11.4 Å². The first-order valence-corrected chi connectivity index (χ1v) is 4.89. The number of imidazole rings is 1. The Kier molecular flexibility index (Phi) is 2.94. The molecule has 0 aliphatic rings. The molecule has 84 valence electrons. The minimum Gasteiger partial charge on any atom is -0.331 e. The lowest BCUT2D eigenvalue weighted by Crippen LogP contribution is -2.03. The molecule has 0 aromatic carbocycles. The lowest BCUT2D eigenvalue weighted by molar-refractivity contribution is 0.126. The zero-order chi connectivity index (χ0) is 11.5. The van der Waals surface area contributed by atoms with E-state index in [1.54, 1.807) is 6.20 Å². The Balaban J connectivity index is 2.24. The Morgan fingerprint density at radius 3 is 2.81 bits per heavy atom. The topological polar surface area (TPSA) is 30.7 Å². The average molecular weight is 223 g/mol. The Bertz CT molecular complexity index is 480. The number of halogens is 2. The Morgan fingerprint density at radius 1 is 1.31 bits per heavy atom. The minimum absolute atomic E-state index is 0.335. The van der Waals surface area contributed by atoms with Crippen molar-refractivity contribution in [3.8, 4) is 11.4 Å². The van der Waals surface area contributed by atoms with Crippen LogP contribution in [0.3, 0.4) is 0 Å².